The van der Waals surface area contributed by atoms with Crippen LogP contribution in [0.1, 0.15) is 33.3 Å². The van der Waals surface area contributed by atoms with Crippen molar-refractivity contribution in [3.05, 3.63) is 53.6 Å². The van der Waals surface area contributed by atoms with Gasteiger partial charge < -0.3 is 14.2 Å². The molecule has 35 heavy (non-hydrogen) atoms. The van der Waals surface area contributed by atoms with Gasteiger partial charge in [-0.15, -0.1) is 0 Å². The van der Waals surface area contributed by atoms with Crippen LogP contribution in [0.4, 0.5) is 5.69 Å². The number of carbonyl (C=O) groups excluding carboxylic acids is 2. The molecule has 1 heterocycles. The van der Waals surface area contributed by atoms with Crippen molar-refractivity contribution in [1.29, 1.82) is 0 Å². The van der Waals surface area contributed by atoms with E-state index >= 15 is 0 Å². The highest BCUT2D eigenvalue weighted by Crippen LogP contribution is 2.31. The number of primary sulfonamides is 1. The molecule has 10 nitrogen and oxygen atoms in total. The summed E-state index contributed by atoms with van der Waals surface area (Å²) in [6.07, 6.45) is 1.65. The van der Waals surface area contributed by atoms with E-state index in [1.165, 1.54) is 36.4 Å². The highest BCUT2D eigenvalue weighted by molar-refractivity contribution is 7.89. The Balaban J connectivity index is 1.78. The summed E-state index contributed by atoms with van der Waals surface area (Å²) in [4.78, 5) is 24.9. The van der Waals surface area contributed by atoms with Crippen LogP contribution < -0.4 is 19.6 Å². The molecule has 1 aliphatic heterocycles. The number of methoxy groups -OCH3 is 1. The number of sulfonamides is 1. The number of carbonyl (C=O) groups is 2. The molecule has 1 amide bonds. The van der Waals surface area contributed by atoms with Crippen LogP contribution in [-0.4, -0.2) is 45.3 Å². The van der Waals surface area contributed by atoms with Crippen LogP contribution in [0.2, 0.25) is 0 Å². The van der Waals surface area contributed by atoms with Crippen molar-refractivity contribution < 1.29 is 32.2 Å². The lowest BCUT2D eigenvalue weighted by atomic mass is 10.1. The molecule has 11 heteroatoms. The number of hydrogen-bond acceptors (Lipinski definition) is 8. The van der Waals surface area contributed by atoms with Gasteiger partial charge in [0.2, 0.25) is 10.0 Å². The number of hydrazone groups is 1. The molecule has 1 aliphatic rings. The number of anilines is 1. The van der Waals surface area contributed by atoms with Crippen molar-refractivity contribution in [1.82, 2.24) is 0 Å². The average Bonchev–Trinajstić information content (AvgIpc) is 3.04. The van der Waals surface area contributed by atoms with Crippen molar-refractivity contribution in [3.8, 4) is 11.5 Å². The van der Waals surface area contributed by atoms with Gasteiger partial charge in [-0.05, 0) is 75.7 Å². The SMILES string of the molecule is COc1cc(/C=C2\C(=O)N(c3ccc(S(N)(=O)=O)cc3)N=C2C)ccc1OCC(=O)OC(C)(C)C. The van der Waals surface area contributed by atoms with E-state index in [0.717, 1.165) is 0 Å². The first-order valence-electron chi connectivity index (χ1n) is 10.6. The number of rotatable bonds is 7. The van der Waals surface area contributed by atoms with E-state index in [-0.39, 0.29) is 17.4 Å². The van der Waals surface area contributed by atoms with E-state index < -0.39 is 21.6 Å². The molecule has 0 bridgehead atoms. The molecule has 2 N–H and O–H groups in total. The van der Waals surface area contributed by atoms with Gasteiger partial charge in [0.05, 0.1) is 29.0 Å². The largest absolute Gasteiger partial charge is 0.493 e. The Morgan fingerprint density at radius 2 is 1.77 bits per heavy atom. The van der Waals surface area contributed by atoms with E-state index in [4.69, 9.17) is 19.3 Å². The number of nitrogens with zero attached hydrogens (tertiary/aromatic N) is 2. The maximum Gasteiger partial charge on any atom is 0.344 e. The lowest BCUT2D eigenvalue weighted by Crippen LogP contribution is -2.27. The standard InChI is InChI=1S/C24H27N3O7S/c1-15-19(23(29)27(26-15)17-7-9-18(10-8-17)35(25,30)31)12-16-6-11-20(21(13-16)32-5)33-14-22(28)34-24(2,3)4/h6-13H,14H2,1-5H3,(H2,25,30,31)/b19-12-. The Morgan fingerprint density at radius 3 is 2.34 bits per heavy atom. The third-order valence-corrected chi connectivity index (χ3v) is 5.67. The maximum absolute atomic E-state index is 13.0. The quantitative estimate of drug-likeness (QED) is 0.455. The maximum atomic E-state index is 13.0. The molecule has 0 atom stereocenters. The minimum atomic E-state index is -3.84. The Bertz CT molecular complexity index is 1310. The summed E-state index contributed by atoms with van der Waals surface area (Å²) in [6.45, 7) is 6.72. The average molecular weight is 502 g/mol. The monoisotopic (exact) mass is 501 g/mol. The van der Waals surface area contributed by atoms with Gasteiger partial charge in [-0.1, -0.05) is 6.07 Å². The second-order valence-corrected chi connectivity index (χ2v) is 10.2. The number of esters is 1. The predicted octanol–water partition coefficient (Wildman–Crippen LogP) is 2.87. The van der Waals surface area contributed by atoms with Crippen molar-refractivity contribution in [2.45, 2.75) is 38.2 Å². The first-order valence-corrected chi connectivity index (χ1v) is 12.1. The van der Waals surface area contributed by atoms with E-state index in [2.05, 4.69) is 5.10 Å². The summed E-state index contributed by atoms with van der Waals surface area (Å²) in [5.74, 6) is -0.167. The minimum Gasteiger partial charge on any atom is -0.493 e. The summed E-state index contributed by atoms with van der Waals surface area (Å²) in [5, 5.41) is 10.6. The highest BCUT2D eigenvalue weighted by atomic mass is 32.2. The third-order valence-electron chi connectivity index (χ3n) is 4.74. The number of amides is 1. The first-order chi connectivity index (χ1) is 16.3. The zero-order chi connectivity index (χ0) is 26.0. The molecule has 2 aromatic carbocycles. The molecular formula is C24H27N3O7S. The Hall–Kier alpha value is -3.70. The predicted molar refractivity (Wildman–Crippen MR) is 131 cm³/mol. The number of benzene rings is 2. The van der Waals surface area contributed by atoms with Crippen LogP contribution in [0.25, 0.3) is 6.08 Å². The molecule has 3 rings (SSSR count). The van der Waals surface area contributed by atoms with Gasteiger partial charge in [-0.3, -0.25) is 4.79 Å². The summed E-state index contributed by atoms with van der Waals surface area (Å²) >= 11 is 0. The van der Waals surface area contributed by atoms with E-state index in [0.29, 0.717) is 34.0 Å². The molecule has 186 valence electrons. The smallest absolute Gasteiger partial charge is 0.344 e. The molecule has 0 aromatic heterocycles. The minimum absolute atomic E-state index is 0.0644. The van der Waals surface area contributed by atoms with Crippen LogP contribution in [-0.2, 0) is 24.3 Å². The van der Waals surface area contributed by atoms with Crippen molar-refractivity contribution in [3.63, 3.8) is 0 Å². The van der Waals surface area contributed by atoms with Crippen LogP contribution in [0, 0.1) is 0 Å². The lowest BCUT2D eigenvalue weighted by Gasteiger charge is -2.19. The zero-order valence-corrected chi connectivity index (χ0v) is 20.9. The second kappa shape index (κ2) is 9.88. The van der Waals surface area contributed by atoms with Gasteiger partial charge in [-0.25, -0.2) is 18.4 Å². The zero-order valence-electron chi connectivity index (χ0n) is 20.1. The highest BCUT2D eigenvalue weighted by Gasteiger charge is 2.29. The molecule has 2 aromatic rings. The summed E-state index contributed by atoms with van der Waals surface area (Å²) < 4.78 is 39.1. The fraction of sp³-hybridized carbons (Fsp3) is 0.292. The third kappa shape index (κ3) is 6.46. The Kier molecular flexibility index (Phi) is 7.32. The van der Waals surface area contributed by atoms with Crippen molar-refractivity contribution in [2.24, 2.45) is 10.2 Å². The van der Waals surface area contributed by atoms with Crippen molar-refractivity contribution in [2.75, 3.05) is 18.7 Å². The normalized spacial score (nSPS) is 15.3. The second-order valence-electron chi connectivity index (χ2n) is 8.68. The van der Waals surface area contributed by atoms with Gasteiger partial charge >= 0.3 is 5.97 Å². The summed E-state index contributed by atoms with van der Waals surface area (Å²) in [5.41, 5.74) is 1.26. The number of nitrogens with two attached hydrogens (primary N) is 1. The Morgan fingerprint density at radius 1 is 1.11 bits per heavy atom. The van der Waals surface area contributed by atoms with Gasteiger partial charge in [0.25, 0.3) is 5.91 Å². The molecule has 0 fully saturated rings. The van der Waals surface area contributed by atoms with Gasteiger partial charge in [0.15, 0.2) is 18.1 Å². The first kappa shape index (κ1) is 25.9. The van der Waals surface area contributed by atoms with Crippen LogP contribution in [0.5, 0.6) is 11.5 Å². The molecule has 0 saturated carbocycles. The van der Waals surface area contributed by atoms with E-state index in [1.807, 2.05) is 0 Å². The molecular weight excluding hydrogens is 474 g/mol. The Labute approximate surface area is 204 Å². The van der Waals surface area contributed by atoms with Crippen molar-refractivity contribution >= 4 is 39.4 Å². The molecule has 0 aliphatic carbocycles. The van der Waals surface area contributed by atoms with Gasteiger partial charge in [0.1, 0.15) is 5.60 Å². The molecule has 0 radical (unpaired) electrons. The lowest BCUT2D eigenvalue weighted by molar-refractivity contribution is -0.157. The topological polar surface area (TPSA) is 138 Å². The van der Waals surface area contributed by atoms with Gasteiger partial charge in [0, 0.05) is 0 Å². The van der Waals surface area contributed by atoms with E-state index in [1.54, 1.807) is 52.0 Å². The molecule has 0 spiro atoms. The number of hydrogen-bond donors (Lipinski definition) is 1. The molecule has 0 saturated heterocycles. The van der Waals surface area contributed by atoms with Crippen LogP contribution in [0.15, 0.2) is 58.0 Å². The summed E-state index contributed by atoms with van der Waals surface area (Å²) in [7, 11) is -2.38. The van der Waals surface area contributed by atoms with E-state index in [9.17, 15) is 18.0 Å². The number of ether oxygens (including phenoxy) is 3. The fourth-order valence-corrected chi connectivity index (χ4v) is 3.72. The van der Waals surface area contributed by atoms with Gasteiger partial charge in [-0.2, -0.15) is 10.1 Å². The summed E-state index contributed by atoms with van der Waals surface area (Å²) in [6, 6.07) is 10.5. The van der Waals surface area contributed by atoms with Crippen LogP contribution >= 0.6 is 0 Å². The fourth-order valence-electron chi connectivity index (χ4n) is 3.20. The molecule has 0 unspecified atom stereocenters. The van der Waals surface area contributed by atoms with Crippen LogP contribution in [0.3, 0.4) is 0 Å².